The lowest BCUT2D eigenvalue weighted by atomic mass is 10.2. The molecule has 1 aromatic carbocycles. The Balaban J connectivity index is 2.42. The second kappa shape index (κ2) is 11.7. The average molecular weight is 399 g/mol. The highest BCUT2D eigenvalue weighted by Gasteiger charge is 2.17. The summed E-state index contributed by atoms with van der Waals surface area (Å²) in [5.41, 5.74) is 1.24. The third kappa shape index (κ3) is 11.4. The Kier molecular flexibility index (Phi) is 9.96. The molecule has 8 nitrogen and oxygen atoms in total. The Morgan fingerprint density at radius 2 is 1.74 bits per heavy atom. The standard InChI is InChI=1S/C18H26NO7P/c1-15(2)18(21)26-12-11-25-17(20)8-9-19(10-13-27(22,23)24)14-16-6-4-3-5-7-16/h3-7H,1,8-14H2,2H3,(H2,22,23,24). The highest BCUT2D eigenvalue weighted by Crippen LogP contribution is 2.33. The summed E-state index contributed by atoms with van der Waals surface area (Å²) in [6.07, 6.45) is -0.228. The van der Waals surface area contributed by atoms with Crippen LogP contribution >= 0.6 is 7.60 Å². The topological polar surface area (TPSA) is 113 Å². The van der Waals surface area contributed by atoms with E-state index in [1.165, 1.54) is 6.92 Å². The molecule has 0 bridgehead atoms. The summed E-state index contributed by atoms with van der Waals surface area (Å²) < 4.78 is 20.9. The minimum absolute atomic E-state index is 0.0522. The third-order valence-electron chi connectivity index (χ3n) is 3.52. The molecule has 0 saturated heterocycles. The maximum atomic E-state index is 11.8. The van der Waals surface area contributed by atoms with Crippen molar-refractivity contribution in [3.05, 3.63) is 48.0 Å². The van der Waals surface area contributed by atoms with Gasteiger partial charge in [-0.2, -0.15) is 0 Å². The molecular weight excluding hydrogens is 373 g/mol. The largest absolute Gasteiger partial charge is 0.462 e. The molecule has 1 aromatic rings. The smallest absolute Gasteiger partial charge is 0.333 e. The first-order chi connectivity index (χ1) is 12.7. The molecule has 0 aliphatic heterocycles. The van der Waals surface area contributed by atoms with Gasteiger partial charge in [0.1, 0.15) is 13.2 Å². The van der Waals surface area contributed by atoms with Crippen molar-refractivity contribution in [2.75, 3.05) is 32.5 Å². The van der Waals surface area contributed by atoms with E-state index in [1.807, 2.05) is 30.3 Å². The van der Waals surface area contributed by atoms with Gasteiger partial charge in [0.05, 0.1) is 12.6 Å². The predicted molar refractivity (Wildman–Crippen MR) is 100.0 cm³/mol. The third-order valence-corrected chi connectivity index (χ3v) is 4.30. The fourth-order valence-electron chi connectivity index (χ4n) is 2.12. The van der Waals surface area contributed by atoms with Crippen molar-refractivity contribution in [2.24, 2.45) is 0 Å². The molecule has 0 fully saturated rings. The molecule has 0 spiro atoms. The quantitative estimate of drug-likeness (QED) is 0.236. The van der Waals surface area contributed by atoms with Crippen molar-refractivity contribution in [3.8, 4) is 0 Å². The van der Waals surface area contributed by atoms with Gasteiger partial charge in [-0.1, -0.05) is 36.9 Å². The van der Waals surface area contributed by atoms with E-state index in [0.29, 0.717) is 13.1 Å². The number of carbonyl (C=O) groups is 2. The van der Waals surface area contributed by atoms with E-state index in [0.717, 1.165) is 5.56 Å². The summed E-state index contributed by atoms with van der Waals surface area (Å²) >= 11 is 0. The number of nitrogens with zero attached hydrogens (tertiary/aromatic N) is 1. The highest BCUT2D eigenvalue weighted by molar-refractivity contribution is 7.51. The Morgan fingerprint density at radius 1 is 1.11 bits per heavy atom. The molecule has 0 saturated carbocycles. The van der Waals surface area contributed by atoms with Crippen molar-refractivity contribution >= 4 is 19.5 Å². The highest BCUT2D eigenvalue weighted by atomic mass is 31.2. The zero-order valence-electron chi connectivity index (χ0n) is 15.4. The van der Waals surface area contributed by atoms with Crippen LogP contribution in [0.15, 0.2) is 42.5 Å². The van der Waals surface area contributed by atoms with E-state index in [4.69, 9.17) is 19.3 Å². The minimum Gasteiger partial charge on any atom is -0.462 e. The molecule has 0 amide bonds. The normalized spacial score (nSPS) is 11.3. The molecule has 0 atom stereocenters. The molecule has 150 valence electrons. The van der Waals surface area contributed by atoms with Gasteiger partial charge >= 0.3 is 19.5 Å². The summed E-state index contributed by atoms with van der Waals surface area (Å²) in [6.45, 7) is 5.76. The van der Waals surface area contributed by atoms with Crippen molar-refractivity contribution in [1.82, 2.24) is 4.90 Å². The van der Waals surface area contributed by atoms with Gasteiger partial charge in [0.15, 0.2) is 0 Å². The van der Waals surface area contributed by atoms with E-state index in [-0.39, 0.29) is 37.9 Å². The number of hydrogen-bond acceptors (Lipinski definition) is 6. The Labute approximate surface area is 158 Å². The minimum atomic E-state index is -4.12. The van der Waals surface area contributed by atoms with E-state index in [1.54, 1.807) is 4.90 Å². The van der Waals surface area contributed by atoms with Gasteiger partial charge in [0.2, 0.25) is 0 Å². The van der Waals surface area contributed by atoms with Crippen LogP contribution in [-0.4, -0.2) is 59.1 Å². The van der Waals surface area contributed by atoms with Crippen LogP contribution in [0.4, 0.5) is 0 Å². The van der Waals surface area contributed by atoms with Crippen molar-refractivity contribution in [1.29, 1.82) is 0 Å². The predicted octanol–water partition coefficient (Wildman–Crippen LogP) is 1.72. The first-order valence-electron chi connectivity index (χ1n) is 8.46. The number of esters is 2. The maximum Gasteiger partial charge on any atom is 0.333 e. The van der Waals surface area contributed by atoms with Gasteiger partial charge in [-0.25, -0.2) is 4.79 Å². The zero-order chi connectivity index (χ0) is 20.3. The molecule has 1 rings (SSSR count). The van der Waals surface area contributed by atoms with Crippen LogP contribution in [-0.2, 0) is 30.2 Å². The molecule has 27 heavy (non-hydrogen) atoms. The van der Waals surface area contributed by atoms with Gasteiger partial charge < -0.3 is 19.3 Å². The van der Waals surface area contributed by atoms with E-state index in [2.05, 4.69) is 6.58 Å². The Bertz CT molecular complexity index is 672. The van der Waals surface area contributed by atoms with Crippen LogP contribution < -0.4 is 0 Å². The molecule has 0 heterocycles. The Hall–Kier alpha value is -1.99. The molecule has 9 heteroatoms. The van der Waals surface area contributed by atoms with Crippen molar-refractivity contribution in [3.63, 3.8) is 0 Å². The number of hydrogen-bond donors (Lipinski definition) is 2. The van der Waals surface area contributed by atoms with Gasteiger partial charge in [0.25, 0.3) is 0 Å². The lowest BCUT2D eigenvalue weighted by Gasteiger charge is -2.22. The monoisotopic (exact) mass is 399 g/mol. The van der Waals surface area contributed by atoms with Crippen LogP contribution in [0.2, 0.25) is 0 Å². The summed E-state index contributed by atoms with van der Waals surface area (Å²) in [5.74, 6) is -1.02. The number of rotatable bonds is 12. The van der Waals surface area contributed by atoms with Crippen LogP contribution in [0.1, 0.15) is 18.9 Å². The van der Waals surface area contributed by atoms with Crippen LogP contribution in [0, 0.1) is 0 Å². The maximum absolute atomic E-state index is 11.8. The molecule has 0 aromatic heterocycles. The second-order valence-corrected chi connectivity index (χ2v) is 7.81. The Morgan fingerprint density at radius 3 is 2.33 bits per heavy atom. The average Bonchev–Trinajstić information content (AvgIpc) is 2.60. The number of benzene rings is 1. The fraction of sp³-hybridized carbons (Fsp3) is 0.444. The van der Waals surface area contributed by atoms with Crippen molar-refractivity contribution < 1.29 is 33.4 Å². The van der Waals surface area contributed by atoms with Crippen molar-refractivity contribution in [2.45, 2.75) is 19.9 Å². The fourth-order valence-corrected chi connectivity index (χ4v) is 2.66. The molecular formula is C18H26NO7P. The lowest BCUT2D eigenvalue weighted by molar-refractivity contribution is -0.150. The van der Waals surface area contributed by atoms with Gasteiger partial charge in [-0.3, -0.25) is 14.3 Å². The molecule has 0 unspecified atom stereocenters. The van der Waals surface area contributed by atoms with E-state index < -0.39 is 19.5 Å². The first kappa shape index (κ1) is 23.0. The lowest BCUT2D eigenvalue weighted by Crippen LogP contribution is -2.29. The molecule has 0 aliphatic rings. The number of ether oxygens (including phenoxy) is 2. The molecule has 0 aliphatic carbocycles. The van der Waals surface area contributed by atoms with Gasteiger partial charge in [-0.15, -0.1) is 0 Å². The summed E-state index contributed by atoms with van der Waals surface area (Å²) in [7, 11) is -4.12. The van der Waals surface area contributed by atoms with Gasteiger partial charge in [-0.05, 0) is 12.5 Å². The van der Waals surface area contributed by atoms with Gasteiger partial charge in [0, 0.05) is 25.2 Å². The van der Waals surface area contributed by atoms with E-state index in [9.17, 15) is 14.2 Å². The first-order valence-corrected chi connectivity index (χ1v) is 10.3. The van der Waals surface area contributed by atoms with Crippen LogP contribution in [0.5, 0.6) is 0 Å². The van der Waals surface area contributed by atoms with Crippen LogP contribution in [0.25, 0.3) is 0 Å². The summed E-state index contributed by atoms with van der Waals surface area (Å²) in [4.78, 5) is 43.0. The molecule has 0 radical (unpaired) electrons. The molecule has 2 N–H and O–H groups in total. The van der Waals surface area contributed by atoms with Crippen LogP contribution in [0.3, 0.4) is 0 Å². The second-order valence-electron chi connectivity index (χ2n) is 6.04. The van der Waals surface area contributed by atoms with E-state index >= 15 is 0 Å². The SMILES string of the molecule is C=C(C)C(=O)OCCOC(=O)CCN(CCP(=O)(O)O)Cc1ccccc1. The number of carbonyl (C=O) groups excluding carboxylic acids is 2. The zero-order valence-corrected chi connectivity index (χ0v) is 16.3. The summed E-state index contributed by atoms with van der Waals surface area (Å²) in [5, 5.41) is 0. The summed E-state index contributed by atoms with van der Waals surface area (Å²) in [6, 6.07) is 9.42.